The molecule has 13 heavy (non-hydrogen) atoms. The minimum absolute atomic E-state index is 0.215. The monoisotopic (exact) mass is 199 g/mol. The average Bonchev–Trinajstić information content (AvgIpc) is 2.15. The molecule has 0 unspecified atom stereocenters. The lowest BCUT2D eigenvalue weighted by molar-refractivity contribution is 0.624. The minimum Gasteiger partial charge on any atom is -0.368 e. The van der Waals surface area contributed by atoms with Gasteiger partial charge in [-0.05, 0) is 12.1 Å². The standard InChI is InChI=1S/C10H11ClFN/c1-13(8-4-7-11)10-6-3-2-5-9(10)12/h2-7H,8H2,1H3/b7-4+. The molecular formula is C10H11ClFN. The van der Waals surface area contributed by atoms with Crippen molar-refractivity contribution in [3.8, 4) is 0 Å². The van der Waals surface area contributed by atoms with Gasteiger partial charge in [0.2, 0.25) is 0 Å². The molecule has 70 valence electrons. The molecule has 1 aromatic rings. The molecule has 0 aliphatic heterocycles. The van der Waals surface area contributed by atoms with Gasteiger partial charge in [0.1, 0.15) is 5.82 Å². The third kappa shape index (κ3) is 2.74. The van der Waals surface area contributed by atoms with Crippen LogP contribution in [0, 0.1) is 5.82 Å². The fourth-order valence-corrected chi connectivity index (χ4v) is 1.14. The van der Waals surface area contributed by atoms with Crippen LogP contribution in [-0.4, -0.2) is 13.6 Å². The lowest BCUT2D eigenvalue weighted by atomic mass is 10.3. The van der Waals surface area contributed by atoms with Gasteiger partial charge in [-0.1, -0.05) is 29.8 Å². The molecule has 0 atom stereocenters. The number of likely N-dealkylation sites (N-methyl/N-ethyl adjacent to an activating group) is 1. The Morgan fingerprint density at radius 1 is 1.46 bits per heavy atom. The van der Waals surface area contributed by atoms with E-state index >= 15 is 0 Å². The van der Waals surface area contributed by atoms with Crippen molar-refractivity contribution in [3.63, 3.8) is 0 Å². The highest BCUT2D eigenvalue weighted by atomic mass is 35.5. The van der Waals surface area contributed by atoms with E-state index in [1.807, 2.05) is 7.05 Å². The van der Waals surface area contributed by atoms with Gasteiger partial charge in [0.25, 0.3) is 0 Å². The van der Waals surface area contributed by atoms with E-state index in [1.165, 1.54) is 11.6 Å². The Bertz CT molecular complexity index is 299. The fourth-order valence-electron chi connectivity index (χ4n) is 1.06. The Balaban J connectivity index is 2.76. The molecule has 0 saturated carbocycles. The number of anilines is 1. The van der Waals surface area contributed by atoms with Crippen molar-refractivity contribution in [3.05, 3.63) is 41.7 Å². The number of halogens is 2. The first-order chi connectivity index (χ1) is 6.25. The molecule has 0 bridgehead atoms. The lowest BCUT2D eigenvalue weighted by Gasteiger charge is -2.17. The first-order valence-corrected chi connectivity index (χ1v) is 4.40. The summed E-state index contributed by atoms with van der Waals surface area (Å²) in [6.07, 6.45) is 1.76. The summed E-state index contributed by atoms with van der Waals surface area (Å²) in [7, 11) is 1.81. The van der Waals surface area contributed by atoms with Gasteiger partial charge in [0, 0.05) is 19.1 Å². The number of hydrogen-bond donors (Lipinski definition) is 0. The van der Waals surface area contributed by atoms with Gasteiger partial charge in [-0.15, -0.1) is 0 Å². The molecule has 0 aliphatic carbocycles. The maximum atomic E-state index is 13.2. The first kappa shape index (κ1) is 10.1. The van der Waals surface area contributed by atoms with Crippen LogP contribution in [0.4, 0.5) is 10.1 Å². The zero-order valence-electron chi connectivity index (χ0n) is 7.37. The van der Waals surface area contributed by atoms with Crippen LogP contribution in [0.3, 0.4) is 0 Å². The SMILES string of the molecule is CN(C/C=C/Cl)c1ccccc1F. The number of rotatable bonds is 3. The van der Waals surface area contributed by atoms with E-state index in [4.69, 9.17) is 11.6 Å². The van der Waals surface area contributed by atoms with E-state index in [2.05, 4.69) is 0 Å². The normalized spacial score (nSPS) is 10.7. The molecule has 3 heteroatoms. The van der Waals surface area contributed by atoms with Crippen LogP contribution >= 0.6 is 11.6 Å². The Morgan fingerprint density at radius 2 is 2.15 bits per heavy atom. The fraction of sp³-hybridized carbons (Fsp3) is 0.200. The molecule has 0 heterocycles. The van der Waals surface area contributed by atoms with E-state index < -0.39 is 0 Å². The summed E-state index contributed by atoms with van der Waals surface area (Å²) in [6, 6.07) is 6.65. The second-order valence-electron chi connectivity index (χ2n) is 2.69. The van der Waals surface area contributed by atoms with Gasteiger partial charge >= 0.3 is 0 Å². The van der Waals surface area contributed by atoms with Crippen LogP contribution in [0.5, 0.6) is 0 Å². The smallest absolute Gasteiger partial charge is 0.146 e. The van der Waals surface area contributed by atoms with E-state index in [9.17, 15) is 4.39 Å². The molecule has 0 aromatic heterocycles. The van der Waals surface area contributed by atoms with Crippen LogP contribution in [0.25, 0.3) is 0 Å². The minimum atomic E-state index is -0.215. The Hall–Kier alpha value is -1.02. The highest BCUT2D eigenvalue weighted by Crippen LogP contribution is 2.16. The van der Waals surface area contributed by atoms with Crippen molar-refractivity contribution < 1.29 is 4.39 Å². The first-order valence-electron chi connectivity index (χ1n) is 3.96. The number of para-hydroxylation sites is 1. The maximum absolute atomic E-state index is 13.2. The molecule has 0 radical (unpaired) electrons. The van der Waals surface area contributed by atoms with Crippen LogP contribution < -0.4 is 4.90 Å². The zero-order chi connectivity index (χ0) is 9.68. The van der Waals surface area contributed by atoms with Gasteiger partial charge in [-0.3, -0.25) is 0 Å². The zero-order valence-corrected chi connectivity index (χ0v) is 8.13. The predicted octanol–water partition coefficient (Wildman–Crippen LogP) is 3.01. The Morgan fingerprint density at radius 3 is 2.77 bits per heavy atom. The average molecular weight is 200 g/mol. The van der Waals surface area contributed by atoms with Crippen LogP contribution in [0.15, 0.2) is 35.9 Å². The summed E-state index contributed by atoms with van der Waals surface area (Å²) < 4.78 is 13.2. The van der Waals surface area contributed by atoms with E-state index in [0.29, 0.717) is 12.2 Å². The molecule has 1 nitrogen and oxygen atoms in total. The van der Waals surface area contributed by atoms with Gasteiger partial charge in [-0.2, -0.15) is 0 Å². The van der Waals surface area contributed by atoms with Crippen LogP contribution in [0.1, 0.15) is 0 Å². The van der Waals surface area contributed by atoms with Crippen LogP contribution in [0.2, 0.25) is 0 Å². The highest BCUT2D eigenvalue weighted by molar-refractivity contribution is 6.25. The number of hydrogen-bond acceptors (Lipinski definition) is 1. The highest BCUT2D eigenvalue weighted by Gasteiger charge is 2.03. The number of benzene rings is 1. The van der Waals surface area contributed by atoms with Crippen molar-refractivity contribution in [2.75, 3.05) is 18.5 Å². The van der Waals surface area contributed by atoms with Crippen LogP contribution in [-0.2, 0) is 0 Å². The molecule has 1 aromatic carbocycles. The molecule has 0 N–H and O–H groups in total. The molecule has 0 aliphatic rings. The summed E-state index contributed by atoms with van der Waals surface area (Å²) in [6.45, 7) is 0.602. The molecule has 0 saturated heterocycles. The number of nitrogens with zero attached hydrogens (tertiary/aromatic N) is 1. The summed E-state index contributed by atoms with van der Waals surface area (Å²) in [5.74, 6) is -0.215. The topological polar surface area (TPSA) is 3.24 Å². The molecule has 0 spiro atoms. The molecule has 0 fully saturated rings. The van der Waals surface area contributed by atoms with Crippen molar-refractivity contribution in [1.82, 2.24) is 0 Å². The van der Waals surface area contributed by atoms with Crippen molar-refractivity contribution in [2.45, 2.75) is 0 Å². The van der Waals surface area contributed by atoms with Crippen molar-refractivity contribution in [2.24, 2.45) is 0 Å². The van der Waals surface area contributed by atoms with E-state index in [1.54, 1.807) is 29.2 Å². The van der Waals surface area contributed by atoms with Crippen molar-refractivity contribution in [1.29, 1.82) is 0 Å². The van der Waals surface area contributed by atoms with E-state index in [0.717, 1.165) is 0 Å². The third-order valence-electron chi connectivity index (χ3n) is 1.73. The molecule has 0 amide bonds. The summed E-state index contributed by atoms with van der Waals surface area (Å²) in [5.41, 5.74) is 2.01. The molecule has 1 rings (SSSR count). The lowest BCUT2D eigenvalue weighted by Crippen LogP contribution is -2.17. The third-order valence-corrected chi connectivity index (χ3v) is 1.91. The summed E-state index contributed by atoms with van der Waals surface area (Å²) in [4.78, 5) is 1.79. The van der Waals surface area contributed by atoms with E-state index in [-0.39, 0.29) is 5.82 Å². The Labute approximate surface area is 82.4 Å². The second kappa shape index (κ2) is 4.87. The van der Waals surface area contributed by atoms with Gasteiger partial charge in [0.15, 0.2) is 0 Å². The molecular weight excluding hydrogens is 189 g/mol. The summed E-state index contributed by atoms with van der Waals surface area (Å²) in [5, 5.41) is 0. The largest absolute Gasteiger partial charge is 0.368 e. The summed E-state index contributed by atoms with van der Waals surface area (Å²) >= 11 is 5.37. The van der Waals surface area contributed by atoms with Crippen molar-refractivity contribution >= 4 is 17.3 Å². The maximum Gasteiger partial charge on any atom is 0.146 e. The Kier molecular flexibility index (Phi) is 3.77. The quantitative estimate of drug-likeness (QED) is 0.724. The predicted molar refractivity (Wildman–Crippen MR) is 54.7 cm³/mol. The van der Waals surface area contributed by atoms with Gasteiger partial charge in [-0.25, -0.2) is 4.39 Å². The second-order valence-corrected chi connectivity index (χ2v) is 2.95. The van der Waals surface area contributed by atoms with Gasteiger partial charge in [0.05, 0.1) is 5.69 Å². The van der Waals surface area contributed by atoms with Gasteiger partial charge < -0.3 is 4.90 Å².